The standard InChI is InChI=1S/C9H7F3N2/c1-5-6-3-2-4-7(9(10,11)12)8(6)14-13-5/h2-4H,1H3,(H,13,14). The fourth-order valence-corrected chi connectivity index (χ4v) is 1.41. The number of aryl methyl sites for hydroxylation is 1. The average Bonchev–Trinajstić information content (AvgIpc) is 2.46. The van der Waals surface area contributed by atoms with Crippen LogP contribution < -0.4 is 0 Å². The van der Waals surface area contributed by atoms with Gasteiger partial charge in [-0.05, 0) is 13.0 Å². The summed E-state index contributed by atoms with van der Waals surface area (Å²) < 4.78 is 37.4. The number of aromatic nitrogens is 2. The van der Waals surface area contributed by atoms with E-state index in [1.807, 2.05) is 0 Å². The van der Waals surface area contributed by atoms with Gasteiger partial charge in [0.1, 0.15) is 0 Å². The van der Waals surface area contributed by atoms with Crippen LogP contribution in [0.2, 0.25) is 0 Å². The van der Waals surface area contributed by atoms with Gasteiger partial charge in [-0.2, -0.15) is 18.3 Å². The lowest BCUT2D eigenvalue weighted by atomic mass is 10.1. The van der Waals surface area contributed by atoms with E-state index in [9.17, 15) is 13.2 Å². The molecule has 0 saturated heterocycles. The number of aromatic amines is 1. The van der Waals surface area contributed by atoms with Crippen molar-refractivity contribution in [3.63, 3.8) is 0 Å². The van der Waals surface area contributed by atoms with Gasteiger partial charge < -0.3 is 0 Å². The zero-order chi connectivity index (χ0) is 10.3. The molecule has 2 aromatic rings. The largest absolute Gasteiger partial charge is 0.418 e. The van der Waals surface area contributed by atoms with Crippen molar-refractivity contribution in [3.05, 3.63) is 29.5 Å². The number of halogens is 3. The van der Waals surface area contributed by atoms with Crippen LogP contribution in [-0.4, -0.2) is 10.2 Å². The highest BCUT2D eigenvalue weighted by atomic mass is 19.4. The van der Waals surface area contributed by atoms with E-state index in [1.54, 1.807) is 13.0 Å². The Morgan fingerprint density at radius 2 is 2.00 bits per heavy atom. The first-order valence-electron chi connectivity index (χ1n) is 4.01. The number of fused-ring (bicyclic) bond motifs is 1. The molecule has 0 fully saturated rings. The molecule has 14 heavy (non-hydrogen) atoms. The van der Waals surface area contributed by atoms with Gasteiger partial charge in [0.25, 0.3) is 0 Å². The Morgan fingerprint density at radius 1 is 1.29 bits per heavy atom. The van der Waals surface area contributed by atoms with Crippen molar-refractivity contribution in [2.24, 2.45) is 0 Å². The SMILES string of the molecule is Cc1n[nH]c2c(C(F)(F)F)cccc12. The first-order valence-corrected chi connectivity index (χ1v) is 4.01. The summed E-state index contributed by atoms with van der Waals surface area (Å²) >= 11 is 0. The molecule has 74 valence electrons. The number of hydrogen-bond donors (Lipinski definition) is 1. The van der Waals surface area contributed by atoms with Gasteiger partial charge in [-0.1, -0.05) is 12.1 Å². The second-order valence-electron chi connectivity index (χ2n) is 3.03. The smallest absolute Gasteiger partial charge is 0.277 e. The van der Waals surface area contributed by atoms with Crippen molar-refractivity contribution in [2.45, 2.75) is 13.1 Å². The van der Waals surface area contributed by atoms with Gasteiger partial charge in [0, 0.05) is 5.39 Å². The molecule has 1 aromatic heterocycles. The molecule has 0 atom stereocenters. The summed E-state index contributed by atoms with van der Waals surface area (Å²) in [5.74, 6) is 0. The molecule has 1 aromatic carbocycles. The van der Waals surface area contributed by atoms with Gasteiger partial charge in [-0.15, -0.1) is 0 Å². The summed E-state index contributed by atoms with van der Waals surface area (Å²) in [5, 5.41) is 6.65. The van der Waals surface area contributed by atoms with Crippen LogP contribution in [0.15, 0.2) is 18.2 Å². The van der Waals surface area contributed by atoms with Gasteiger partial charge in [0.05, 0.1) is 16.8 Å². The van der Waals surface area contributed by atoms with Gasteiger partial charge in [0.2, 0.25) is 0 Å². The third kappa shape index (κ3) is 1.25. The first kappa shape index (κ1) is 9.05. The fourth-order valence-electron chi connectivity index (χ4n) is 1.41. The first-order chi connectivity index (χ1) is 6.50. The van der Waals surface area contributed by atoms with E-state index in [0.29, 0.717) is 11.1 Å². The van der Waals surface area contributed by atoms with Crippen LogP contribution in [0.4, 0.5) is 13.2 Å². The average molecular weight is 200 g/mol. The van der Waals surface area contributed by atoms with E-state index in [0.717, 1.165) is 6.07 Å². The van der Waals surface area contributed by atoms with Crippen LogP contribution in [-0.2, 0) is 6.18 Å². The van der Waals surface area contributed by atoms with Crippen LogP contribution in [0.25, 0.3) is 10.9 Å². The molecule has 0 aliphatic heterocycles. The molecular formula is C9H7F3N2. The van der Waals surface area contributed by atoms with E-state index in [1.165, 1.54) is 6.07 Å². The molecule has 1 N–H and O–H groups in total. The lowest BCUT2D eigenvalue weighted by Gasteiger charge is -2.06. The summed E-state index contributed by atoms with van der Waals surface area (Å²) in [4.78, 5) is 0. The normalized spacial score (nSPS) is 12.3. The molecule has 0 spiro atoms. The predicted molar refractivity (Wildman–Crippen MR) is 45.8 cm³/mol. The quantitative estimate of drug-likeness (QED) is 0.695. The van der Waals surface area contributed by atoms with Crippen molar-refractivity contribution in [1.82, 2.24) is 10.2 Å². The number of alkyl halides is 3. The molecule has 1 heterocycles. The molecule has 0 saturated carbocycles. The number of para-hydroxylation sites is 1. The Labute approximate surface area is 77.7 Å². The maximum Gasteiger partial charge on any atom is 0.418 e. The summed E-state index contributed by atoms with van der Waals surface area (Å²) in [6.07, 6.45) is -4.33. The molecular weight excluding hydrogens is 193 g/mol. The monoisotopic (exact) mass is 200 g/mol. The topological polar surface area (TPSA) is 28.7 Å². The zero-order valence-corrected chi connectivity index (χ0v) is 7.31. The maximum absolute atomic E-state index is 12.5. The molecule has 0 bridgehead atoms. The highest BCUT2D eigenvalue weighted by Crippen LogP contribution is 2.34. The molecule has 0 amide bonds. The minimum Gasteiger partial charge on any atom is -0.277 e. The molecule has 0 aliphatic rings. The van der Waals surface area contributed by atoms with Gasteiger partial charge in [-0.25, -0.2) is 0 Å². The molecule has 2 nitrogen and oxygen atoms in total. The van der Waals surface area contributed by atoms with Gasteiger partial charge in [-0.3, -0.25) is 5.10 Å². The van der Waals surface area contributed by atoms with Crippen LogP contribution in [0, 0.1) is 6.92 Å². The van der Waals surface area contributed by atoms with E-state index < -0.39 is 11.7 Å². The van der Waals surface area contributed by atoms with Crippen LogP contribution in [0.1, 0.15) is 11.3 Å². The Bertz CT molecular complexity index is 470. The maximum atomic E-state index is 12.5. The van der Waals surface area contributed by atoms with Crippen molar-refractivity contribution in [2.75, 3.05) is 0 Å². The van der Waals surface area contributed by atoms with Crippen molar-refractivity contribution >= 4 is 10.9 Å². The minimum atomic E-state index is -4.33. The van der Waals surface area contributed by atoms with E-state index in [-0.39, 0.29) is 5.52 Å². The van der Waals surface area contributed by atoms with Crippen molar-refractivity contribution in [1.29, 1.82) is 0 Å². The number of benzene rings is 1. The summed E-state index contributed by atoms with van der Waals surface area (Å²) in [7, 11) is 0. The van der Waals surface area contributed by atoms with Crippen LogP contribution in [0.3, 0.4) is 0 Å². The summed E-state index contributed by atoms with van der Waals surface area (Å²) in [6, 6.07) is 4.04. The minimum absolute atomic E-state index is 0.0532. The molecule has 2 rings (SSSR count). The highest BCUT2D eigenvalue weighted by molar-refractivity contribution is 5.84. The highest BCUT2D eigenvalue weighted by Gasteiger charge is 2.33. The number of nitrogens with zero attached hydrogens (tertiary/aromatic N) is 1. The van der Waals surface area contributed by atoms with Crippen LogP contribution in [0.5, 0.6) is 0 Å². The Morgan fingerprint density at radius 3 is 2.64 bits per heavy atom. The molecule has 0 unspecified atom stereocenters. The Kier molecular flexibility index (Phi) is 1.77. The van der Waals surface area contributed by atoms with Gasteiger partial charge >= 0.3 is 6.18 Å². The van der Waals surface area contributed by atoms with E-state index >= 15 is 0 Å². The predicted octanol–water partition coefficient (Wildman–Crippen LogP) is 2.89. The zero-order valence-electron chi connectivity index (χ0n) is 7.31. The third-order valence-corrected chi connectivity index (χ3v) is 2.10. The number of rotatable bonds is 0. The van der Waals surface area contributed by atoms with E-state index in [4.69, 9.17) is 0 Å². The lowest BCUT2D eigenvalue weighted by Crippen LogP contribution is -2.05. The Balaban J connectivity index is 2.79. The summed E-state index contributed by atoms with van der Waals surface area (Å²) in [5.41, 5.74) is -0.0424. The van der Waals surface area contributed by atoms with E-state index in [2.05, 4.69) is 10.2 Å². The Hall–Kier alpha value is -1.52. The summed E-state index contributed by atoms with van der Waals surface area (Å²) in [6.45, 7) is 1.67. The fraction of sp³-hybridized carbons (Fsp3) is 0.222. The molecule has 5 heteroatoms. The molecule has 0 radical (unpaired) electrons. The second-order valence-corrected chi connectivity index (χ2v) is 3.03. The van der Waals surface area contributed by atoms with Crippen molar-refractivity contribution < 1.29 is 13.2 Å². The lowest BCUT2D eigenvalue weighted by molar-refractivity contribution is -0.136. The van der Waals surface area contributed by atoms with Crippen molar-refractivity contribution in [3.8, 4) is 0 Å². The van der Waals surface area contributed by atoms with Gasteiger partial charge in [0.15, 0.2) is 0 Å². The third-order valence-electron chi connectivity index (χ3n) is 2.10. The molecule has 0 aliphatic carbocycles. The van der Waals surface area contributed by atoms with Crippen LogP contribution >= 0.6 is 0 Å². The number of H-pyrrole nitrogens is 1. The number of nitrogens with one attached hydrogen (secondary N) is 1. The second kappa shape index (κ2) is 2.73. The number of hydrogen-bond acceptors (Lipinski definition) is 1.